The molecule has 3 heteroatoms. The molecule has 0 aliphatic heterocycles. The Kier molecular flexibility index (Phi) is 7.62. The molecule has 0 heterocycles. The van der Waals surface area contributed by atoms with Crippen molar-refractivity contribution in [3.05, 3.63) is 107 Å². The maximum atomic E-state index is 9.99. The van der Waals surface area contributed by atoms with E-state index in [9.17, 15) is 5.11 Å². The molecule has 0 radical (unpaired) electrons. The highest BCUT2D eigenvalue weighted by molar-refractivity contribution is 5.51. The third kappa shape index (κ3) is 6.60. The molecule has 0 aromatic heterocycles. The summed E-state index contributed by atoms with van der Waals surface area (Å²) in [5.41, 5.74) is 4.56. The van der Waals surface area contributed by atoms with Gasteiger partial charge in [0.15, 0.2) is 0 Å². The van der Waals surface area contributed by atoms with Crippen molar-refractivity contribution in [1.29, 1.82) is 0 Å². The lowest BCUT2D eigenvalue weighted by molar-refractivity contribution is 0.112. The molecule has 0 amide bonds. The molecule has 0 saturated heterocycles. The molecule has 2 N–H and O–H groups in total. The minimum atomic E-state index is -0.651. The normalized spacial score (nSPS) is 13.3. The zero-order valence-corrected chi connectivity index (χ0v) is 16.7. The number of benzene rings is 3. The van der Waals surface area contributed by atoms with Crippen molar-refractivity contribution in [2.45, 2.75) is 26.1 Å². The van der Waals surface area contributed by atoms with Crippen LogP contribution < -0.4 is 4.74 Å². The first kappa shape index (κ1) is 20.8. The molecule has 2 atom stereocenters. The average molecular weight is 389 g/mol. The highest BCUT2D eigenvalue weighted by Gasteiger charge is 2.09. The van der Waals surface area contributed by atoms with Gasteiger partial charge in [-0.3, -0.25) is 0 Å². The smallest absolute Gasteiger partial charge is 0.120 e. The molecule has 0 fully saturated rings. The van der Waals surface area contributed by atoms with Crippen LogP contribution in [0.5, 0.6) is 5.75 Å². The van der Waals surface area contributed by atoms with E-state index in [1.54, 1.807) is 6.08 Å². The Morgan fingerprint density at radius 3 is 2.31 bits per heavy atom. The SMILES string of the molecule is CC(CO)C(O)C=Cc1cccc(Cc2cccc(OCc3ccccc3)c2)c1. The Hall–Kier alpha value is -2.88. The molecule has 3 rings (SSSR count). The predicted molar refractivity (Wildman–Crippen MR) is 118 cm³/mol. The second kappa shape index (κ2) is 10.6. The fourth-order valence-electron chi connectivity index (χ4n) is 3.04. The van der Waals surface area contributed by atoms with Gasteiger partial charge in [0.1, 0.15) is 12.4 Å². The van der Waals surface area contributed by atoms with E-state index in [0.717, 1.165) is 23.3 Å². The summed E-state index contributed by atoms with van der Waals surface area (Å²) in [5, 5.41) is 19.1. The van der Waals surface area contributed by atoms with Crippen LogP contribution in [0.1, 0.15) is 29.2 Å². The van der Waals surface area contributed by atoms with Crippen molar-refractivity contribution in [3.63, 3.8) is 0 Å². The molecule has 150 valence electrons. The van der Waals surface area contributed by atoms with Gasteiger partial charge >= 0.3 is 0 Å². The van der Waals surface area contributed by atoms with Gasteiger partial charge in [0.05, 0.1) is 6.10 Å². The Morgan fingerprint density at radius 1 is 0.862 bits per heavy atom. The van der Waals surface area contributed by atoms with E-state index in [4.69, 9.17) is 9.84 Å². The van der Waals surface area contributed by atoms with E-state index in [1.807, 2.05) is 55.5 Å². The topological polar surface area (TPSA) is 49.7 Å². The summed E-state index contributed by atoms with van der Waals surface area (Å²) in [7, 11) is 0. The third-order valence-electron chi connectivity index (χ3n) is 4.86. The zero-order valence-electron chi connectivity index (χ0n) is 16.7. The average Bonchev–Trinajstić information content (AvgIpc) is 2.76. The molecule has 0 saturated carbocycles. The Labute approximate surface area is 172 Å². The minimum Gasteiger partial charge on any atom is -0.489 e. The van der Waals surface area contributed by atoms with Gasteiger partial charge in [-0.05, 0) is 40.8 Å². The number of aliphatic hydroxyl groups excluding tert-OH is 2. The summed E-state index contributed by atoms with van der Waals surface area (Å²) in [5.74, 6) is 0.691. The molecule has 0 aliphatic rings. The van der Waals surface area contributed by atoms with Gasteiger partial charge < -0.3 is 14.9 Å². The first-order chi connectivity index (χ1) is 14.1. The minimum absolute atomic E-state index is 0.0335. The molecule has 3 aromatic carbocycles. The summed E-state index contributed by atoms with van der Waals surface area (Å²) >= 11 is 0. The van der Waals surface area contributed by atoms with Gasteiger partial charge in [0.25, 0.3) is 0 Å². The second-order valence-electron chi connectivity index (χ2n) is 7.35. The van der Waals surface area contributed by atoms with Crippen molar-refractivity contribution in [3.8, 4) is 5.75 Å². The Morgan fingerprint density at radius 2 is 1.55 bits per heavy atom. The van der Waals surface area contributed by atoms with Gasteiger partial charge in [-0.25, -0.2) is 0 Å². The van der Waals surface area contributed by atoms with Crippen molar-refractivity contribution >= 4 is 6.08 Å². The van der Waals surface area contributed by atoms with Gasteiger partial charge in [0, 0.05) is 12.5 Å². The predicted octanol–water partition coefficient (Wildman–Crippen LogP) is 4.86. The highest BCUT2D eigenvalue weighted by atomic mass is 16.5. The second-order valence-corrected chi connectivity index (χ2v) is 7.35. The van der Waals surface area contributed by atoms with E-state index in [1.165, 1.54) is 11.1 Å². The van der Waals surface area contributed by atoms with Crippen LogP contribution in [0.15, 0.2) is 84.9 Å². The van der Waals surface area contributed by atoms with Crippen LogP contribution in [0.2, 0.25) is 0 Å². The van der Waals surface area contributed by atoms with Crippen LogP contribution in [0.4, 0.5) is 0 Å². The third-order valence-corrected chi connectivity index (χ3v) is 4.86. The van der Waals surface area contributed by atoms with Gasteiger partial charge in [0.2, 0.25) is 0 Å². The number of ether oxygens (including phenoxy) is 1. The lowest BCUT2D eigenvalue weighted by Gasteiger charge is -2.12. The van der Waals surface area contributed by atoms with Crippen LogP contribution >= 0.6 is 0 Å². The van der Waals surface area contributed by atoms with Gasteiger partial charge in [-0.15, -0.1) is 0 Å². The molecule has 3 aromatic rings. The van der Waals surface area contributed by atoms with Crippen LogP contribution in [0.25, 0.3) is 6.08 Å². The lowest BCUT2D eigenvalue weighted by atomic mass is 10.0. The molecule has 0 bridgehead atoms. The molecule has 2 unspecified atom stereocenters. The first-order valence-corrected chi connectivity index (χ1v) is 9.96. The molecule has 0 spiro atoms. The maximum Gasteiger partial charge on any atom is 0.120 e. The number of hydrogen-bond acceptors (Lipinski definition) is 3. The van der Waals surface area contributed by atoms with Crippen molar-refractivity contribution in [2.24, 2.45) is 5.92 Å². The van der Waals surface area contributed by atoms with Crippen LogP contribution in [-0.4, -0.2) is 22.9 Å². The van der Waals surface area contributed by atoms with E-state index in [-0.39, 0.29) is 12.5 Å². The van der Waals surface area contributed by atoms with Crippen molar-refractivity contribution in [2.75, 3.05) is 6.61 Å². The Balaban J connectivity index is 1.63. The fourth-order valence-corrected chi connectivity index (χ4v) is 3.04. The summed E-state index contributed by atoms with van der Waals surface area (Å²) < 4.78 is 5.93. The first-order valence-electron chi connectivity index (χ1n) is 9.96. The molecular weight excluding hydrogens is 360 g/mol. The summed E-state index contributed by atoms with van der Waals surface area (Å²) in [4.78, 5) is 0. The van der Waals surface area contributed by atoms with Gasteiger partial charge in [-0.2, -0.15) is 0 Å². The fraction of sp³-hybridized carbons (Fsp3) is 0.231. The van der Waals surface area contributed by atoms with E-state index < -0.39 is 6.10 Å². The quantitative estimate of drug-likeness (QED) is 0.550. The number of rotatable bonds is 9. The standard InChI is InChI=1S/C26H28O3/c1-20(18-27)26(28)14-13-21-9-5-10-23(15-21)16-24-11-6-12-25(17-24)29-19-22-7-3-2-4-8-22/h2-15,17,20,26-28H,16,18-19H2,1H3. The molecule has 29 heavy (non-hydrogen) atoms. The molecular formula is C26H28O3. The summed E-state index contributed by atoms with van der Waals surface area (Å²) in [6.45, 7) is 2.34. The van der Waals surface area contributed by atoms with E-state index in [0.29, 0.717) is 6.61 Å². The van der Waals surface area contributed by atoms with E-state index >= 15 is 0 Å². The van der Waals surface area contributed by atoms with Crippen LogP contribution in [-0.2, 0) is 13.0 Å². The monoisotopic (exact) mass is 388 g/mol. The molecule has 3 nitrogen and oxygen atoms in total. The largest absolute Gasteiger partial charge is 0.489 e. The summed E-state index contributed by atoms with van der Waals surface area (Å²) in [6, 6.07) is 26.6. The van der Waals surface area contributed by atoms with Gasteiger partial charge in [-0.1, -0.05) is 85.8 Å². The number of hydrogen-bond donors (Lipinski definition) is 2. The van der Waals surface area contributed by atoms with Crippen LogP contribution in [0, 0.1) is 5.92 Å². The maximum absolute atomic E-state index is 9.99. The van der Waals surface area contributed by atoms with E-state index in [2.05, 4.69) is 36.4 Å². The van der Waals surface area contributed by atoms with Crippen LogP contribution in [0.3, 0.4) is 0 Å². The zero-order chi connectivity index (χ0) is 20.5. The number of aliphatic hydroxyl groups is 2. The molecule has 0 aliphatic carbocycles. The lowest BCUT2D eigenvalue weighted by Crippen LogP contribution is -2.17. The highest BCUT2D eigenvalue weighted by Crippen LogP contribution is 2.19. The van der Waals surface area contributed by atoms with Crippen molar-refractivity contribution < 1.29 is 14.9 Å². The van der Waals surface area contributed by atoms with Crippen molar-refractivity contribution in [1.82, 2.24) is 0 Å². The summed E-state index contributed by atoms with van der Waals surface area (Å²) in [6.07, 6.45) is 3.79. The Bertz CT molecular complexity index is 918.